The Morgan fingerprint density at radius 3 is 2.52 bits per heavy atom. The molecule has 2 N–H and O–H groups in total. The molecule has 0 spiro atoms. The van der Waals surface area contributed by atoms with Gasteiger partial charge in [0.1, 0.15) is 5.75 Å². The van der Waals surface area contributed by atoms with Crippen LogP contribution in [0.15, 0.2) is 53.9 Å². The maximum atomic E-state index is 6.58. The number of rotatable bonds is 4. The molecule has 3 heteroatoms. The molecular weight excluding hydrogens is 278 g/mol. The van der Waals surface area contributed by atoms with Crippen molar-refractivity contribution >= 4 is 21.4 Å². The number of fused-ring (bicyclic) bond motifs is 1. The van der Waals surface area contributed by atoms with Crippen molar-refractivity contribution in [2.75, 3.05) is 7.11 Å². The Hall–Kier alpha value is -1.84. The molecule has 21 heavy (non-hydrogen) atoms. The van der Waals surface area contributed by atoms with Crippen LogP contribution in [0, 0.1) is 0 Å². The zero-order valence-electron chi connectivity index (χ0n) is 12.3. The van der Waals surface area contributed by atoms with Gasteiger partial charge in [-0.2, -0.15) is 0 Å². The van der Waals surface area contributed by atoms with Crippen LogP contribution in [0.3, 0.4) is 0 Å². The molecule has 0 amide bonds. The largest absolute Gasteiger partial charge is 0.497 e. The lowest BCUT2D eigenvalue weighted by molar-refractivity contribution is 0.413. The molecule has 1 heterocycles. The normalized spacial score (nSPS) is 14.0. The van der Waals surface area contributed by atoms with Crippen LogP contribution in [0.25, 0.3) is 10.1 Å². The number of benzene rings is 2. The summed E-state index contributed by atoms with van der Waals surface area (Å²) in [6.45, 7) is 2.08. The summed E-state index contributed by atoms with van der Waals surface area (Å²) in [7, 11) is 1.67. The molecule has 0 radical (unpaired) electrons. The van der Waals surface area contributed by atoms with Crippen molar-refractivity contribution < 1.29 is 4.74 Å². The molecule has 2 nitrogen and oxygen atoms in total. The maximum absolute atomic E-state index is 6.58. The number of ether oxygens (including phenoxy) is 1. The van der Waals surface area contributed by atoms with Gasteiger partial charge in [0.2, 0.25) is 0 Å². The molecule has 0 aliphatic heterocycles. The van der Waals surface area contributed by atoms with Crippen LogP contribution in [-0.4, -0.2) is 7.11 Å². The lowest BCUT2D eigenvalue weighted by Crippen LogP contribution is -2.35. The predicted molar refractivity (Wildman–Crippen MR) is 90.1 cm³/mol. The fraction of sp³-hybridized carbons (Fsp3) is 0.222. The average molecular weight is 297 g/mol. The third kappa shape index (κ3) is 2.80. The predicted octanol–water partition coefficient (Wildman–Crippen LogP) is 4.33. The van der Waals surface area contributed by atoms with Gasteiger partial charge in [0.25, 0.3) is 0 Å². The fourth-order valence-corrected chi connectivity index (χ4v) is 3.60. The molecule has 1 aromatic heterocycles. The van der Waals surface area contributed by atoms with E-state index in [1.165, 1.54) is 15.6 Å². The van der Waals surface area contributed by atoms with Gasteiger partial charge in [-0.25, -0.2) is 0 Å². The summed E-state index contributed by atoms with van der Waals surface area (Å²) < 4.78 is 6.52. The highest BCUT2D eigenvalue weighted by Crippen LogP contribution is 2.31. The van der Waals surface area contributed by atoms with Crippen LogP contribution >= 0.6 is 11.3 Å². The van der Waals surface area contributed by atoms with Gasteiger partial charge < -0.3 is 10.5 Å². The van der Waals surface area contributed by atoms with E-state index in [0.29, 0.717) is 0 Å². The molecule has 3 aromatic rings. The van der Waals surface area contributed by atoms with Crippen LogP contribution < -0.4 is 10.5 Å². The van der Waals surface area contributed by atoms with Crippen molar-refractivity contribution in [3.8, 4) is 5.75 Å². The van der Waals surface area contributed by atoms with E-state index >= 15 is 0 Å². The summed E-state index contributed by atoms with van der Waals surface area (Å²) >= 11 is 1.78. The van der Waals surface area contributed by atoms with Gasteiger partial charge in [-0.1, -0.05) is 30.3 Å². The third-order valence-electron chi connectivity index (χ3n) is 3.87. The highest BCUT2D eigenvalue weighted by Gasteiger charge is 2.23. The van der Waals surface area contributed by atoms with E-state index in [9.17, 15) is 0 Å². The smallest absolute Gasteiger partial charge is 0.118 e. The van der Waals surface area contributed by atoms with Crippen molar-refractivity contribution in [3.05, 3.63) is 65.0 Å². The summed E-state index contributed by atoms with van der Waals surface area (Å²) in [6.07, 6.45) is 0.823. The molecule has 1 atom stereocenters. The average Bonchev–Trinajstić information content (AvgIpc) is 2.90. The zero-order valence-corrected chi connectivity index (χ0v) is 13.1. The Labute approximate surface area is 129 Å². The highest BCUT2D eigenvalue weighted by atomic mass is 32.1. The number of hydrogen-bond donors (Lipinski definition) is 1. The van der Waals surface area contributed by atoms with Gasteiger partial charge in [-0.15, -0.1) is 11.3 Å². The summed E-state index contributed by atoms with van der Waals surface area (Å²) in [6, 6.07) is 16.5. The van der Waals surface area contributed by atoms with Crippen molar-refractivity contribution in [2.45, 2.75) is 18.9 Å². The second-order valence-electron chi connectivity index (χ2n) is 5.58. The minimum Gasteiger partial charge on any atom is -0.497 e. The Morgan fingerprint density at radius 2 is 1.81 bits per heavy atom. The molecule has 0 aliphatic rings. The lowest BCUT2D eigenvalue weighted by atomic mass is 9.86. The maximum Gasteiger partial charge on any atom is 0.118 e. The molecule has 2 aromatic carbocycles. The van der Waals surface area contributed by atoms with Gasteiger partial charge in [0, 0.05) is 10.2 Å². The summed E-state index contributed by atoms with van der Waals surface area (Å²) in [5.41, 5.74) is 8.62. The zero-order chi connectivity index (χ0) is 14.9. The van der Waals surface area contributed by atoms with Crippen molar-refractivity contribution in [1.29, 1.82) is 0 Å². The van der Waals surface area contributed by atoms with Gasteiger partial charge in [0.05, 0.1) is 7.11 Å². The minimum absolute atomic E-state index is 0.393. The van der Waals surface area contributed by atoms with Gasteiger partial charge >= 0.3 is 0 Å². The van der Waals surface area contributed by atoms with E-state index in [4.69, 9.17) is 10.5 Å². The molecule has 0 saturated heterocycles. The number of hydrogen-bond acceptors (Lipinski definition) is 3. The van der Waals surface area contributed by atoms with E-state index in [1.54, 1.807) is 18.4 Å². The number of nitrogens with two attached hydrogens (primary N) is 1. The number of methoxy groups -OCH3 is 1. The molecule has 0 saturated carbocycles. The van der Waals surface area contributed by atoms with Gasteiger partial charge in [0.15, 0.2) is 0 Å². The lowest BCUT2D eigenvalue weighted by Gasteiger charge is -2.25. The number of thiophene rings is 1. The summed E-state index contributed by atoms with van der Waals surface area (Å²) in [5.74, 6) is 0.857. The highest BCUT2D eigenvalue weighted by molar-refractivity contribution is 7.17. The van der Waals surface area contributed by atoms with Gasteiger partial charge in [-0.3, -0.25) is 0 Å². The molecule has 0 aliphatic carbocycles. The Morgan fingerprint density at radius 1 is 1.10 bits per heavy atom. The molecule has 1 unspecified atom stereocenters. The van der Waals surface area contributed by atoms with Crippen molar-refractivity contribution in [2.24, 2.45) is 5.73 Å². The van der Waals surface area contributed by atoms with E-state index in [0.717, 1.165) is 17.7 Å². The third-order valence-corrected chi connectivity index (χ3v) is 4.88. The van der Waals surface area contributed by atoms with Crippen LogP contribution in [0.2, 0.25) is 0 Å². The van der Waals surface area contributed by atoms with E-state index in [1.807, 2.05) is 24.3 Å². The van der Waals surface area contributed by atoms with Crippen molar-refractivity contribution in [1.82, 2.24) is 0 Å². The first-order valence-electron chi connectivity index (χ1n) is 6.99. The Balaban J connectivity index is 1.91. The van der Waals surface area contributed by atoms with E-state index < -0.39 is 5.54 Å². The first-order chi connectivity index (χ1) is 10.1. The topological polar surface area (TPSA) is 35.2 Å². The van der Waals surface area contributed by atoms with E-state index in [2.05, 4.69) is 36.6 Å². The Bertz CT molecular complexity index is 743. The van der Waals surface area contributed by atoms with Crippen LogP contribution in [0.5, 0.6) is 5.75 Å². The second-order valence-corrected chi connectivity index (χ2v) is 6.49. The molecular formula is C18H19NOS. The molecule has 3 rings (SSSR count). The first kappa shape index (κ1) is 14.1. The monoisotopic (exact) mass is 297 g/mol. The fourth-order valence-electron chi connectivity index (χ4n) is 2.64. The van der Waals surface area contributed by atoms with Crippen LogP contribution in [0.4, 0.5) is 0 Å². The second kappa shape index (κ2) is 5.51. The molecule has 108 valence electrons. The quantitative estimate of drug-likeness (QED) is 0.778. The van der Waals surface area contributed by atoms with Crippen molar-refractivity contribution in [3.63, 3.8) is 0 Å². The van der Waals surface area contributed by atoms with E-state index in [-0.39, 0.29) is 0 Å². The SMILES string of the molecule is COc1ccc(C(C)(N)Cc2csc3ccccc23)cc1. The minimum atomic E-state index is -0.393. The molecule has 0 fully saturated rings. The van der Waals surface area contributed by atoms with Crippen LogP contribution in [-0.2, 0) is 12.0 Å². The standard InChI is InChI=1S/C18H19NOS/c1-18(19,14-7-9-15(20-2)10-8-14)11-13-12-21-17-6-4-3-5-16(13)17/h3-10,12H,11,19H2,1-2H3. The summed E-state index contributed by atoms with van der Waals surface area (Å²) in [5, 5.41) is 3.53. The van der Waals surface area contributed by atoms with Gasteiger partial charge in [-0.05, 0) is 53.4 Å². The Kier molecular flexibility index (Phi) is 3.70. The molecule has 0 bridgehead atoms. The van der Waals surface area contributed by atoms with Crippen LogP contribution in [0.1, 0.15) is 18.1 Å². The summed E-state index contributed by atoms with van der Waals surface area (Å²) in [4.78, 5) is 0. The first-order valence-corrected chi connectivity index (χ1v) is 7.87.